The molecule has 1 heterocycles. The number of hydrogen-bond donors (Lipinski definition) is 6. The van der Waals surface area contributed by atoms with Gasteiger partial charge in [0.1, 0.15) is 24.4 Å². The zero-order valence-corrected chi connectivity index (χ0v) is 38.8. The Bertz CT molecular complexity index is 893. The molecular formula is C50H99NO8. The van der Waals surface area contributed by atoms with E-state index >= 15 is 0 Å². The van der Waals surface area contributed by atoms with Gasteiger partial charge in [-0.25, -0.2) is 0 Å². The third-order valence-corrected chi connectivity index (χ3v) is 12.6. The van der Waals surface area contributed by atoms with Crippen molar-refractivity contribution in [1.82, 2.24) is 5.32 Å². The van der Waals surface area contributed by atoms with E-state index in [9.17, 15) is 30.3 Å². The molecule has 9 nitrogen and oxygen atoms in total. The lowest BCUT2D eigenvalue weighted by Gasteiger charge is -2.40. The van der Waals surface area contributed by atoms with E-state index in [1.807, 2.05) is 0 Å². The first-order chi connectivity index (χ1) is 28.8. The number of aliphatic hydroxyl groups is 5. The molecule has 0 bridgehead atoms. The van der Waals surface area contributed by atoms with E-state index in [0.29, 0.717) is 19.3 Å². The Labute approximate surface area is 364 Å². The number of ether oxygens (including phenoxy) is 2. The number of amides is 1. The molecule has 1 aliphatic heterocycles. The van der Waals surface area contributed by atoms with Crippen molar-refractivity contribution >= 4 is 5.91 Å². The van der Waals surface area contributed by atoms with Crippen LogP contribution < -0.4 is 5.32 Å². The Hall–Kier alpha value is -0.810. The molecule has 0 unspecified atom stereocenters. The highest BCUT2D eigenvalue weighted by molar-refractivity contribution is 5.76. The monoisotopic (exact) mass is 842 g/mol. The van der Waals surface area contributed by atoms with E-state index < -0.39 is 49.5 Å². The predicted molar refractivity (Wildman–Crippen MR) is 244 cm³/mol. The standard InChI is InChI=1S/C50H99NO8/c1-3-5-7-9-11-13-15-17-18-19-20-21-22-23-24-25-26-27-29-31-33-35-37-39-46(54)51-43(42-58-50-49(57)48(56)47(55)45(41-52)59-50)40-44(53)38-36-34-32-30-28-16-14-12-10-8-6-4-2/h43-45,47-50,52-53,55-57H,3-42H2,1-2H3,(H,51,54)/t43-,44-,45-,47+,48+,49-,50+/m1/s1. The first-order valence-electron chi connectivity index (χ1n) is 25.7. The van der Waals surface area contributed by atoms with Crippen molar-refractivity contribution in [3.63, 3.8) is 0 Å². The first-order valence-corrected chi connectivity index (χ1v) is 25.7. The maximum Gasteiger partial charge on any atom is 0.220 e. The molecule has 6 N–H and O–H groups in total. The fourth-order valence-electron chi connectivity index (χ4n) is 8.62. The number of aliphatic hydroxyl groups excluding tert-OH is 5. The van der Waals surface area contributed by atoms with E-state index in [1.54, 1.807) is 0 Å². The largest absolute Gasteiger partial charge is 0.394 e. The predicted octanol–water partition coefficient (Wildman–Crippen LogP) is 11.5. The quantitative estimate of drug-likeness (QED) is 0.0332. The summed E-state index contributed by atoms with van der Waals surface area (Å²) in [5.74, 6) is -0.0894. The molecule has 0 aliphatic carbocycles. The number of nitrogens with one attached hydrogen (secondary N) is 1. The molecule has 1 rings (SSSR count). The summed E-state index contributed by atoms with van der Waals surface area (Å²) in [6, 6.07) is -0.508. The molecule has 1 amide bonds. The van der Waals surface area contributed by atoms with E-state index in [1.165, 1.54) is 193 Å². The summed E-state index contributed by atoms with van der Waals surface area (Å²) in [5, 5.41) is 54.3. The molecule has 0 radical (unpaired) electrons. The minimum atomic E-state index is -1.53. The fourth-order valence-corrected chi connectivity index (χ4v) is 8.62. The summed E-state index contributed by atoms with van der Waals surface area (Å²) in [6.45, 7) is 3.96. The van der Waals surface area contributed by atoms with Gasteiger partial charge in [0.15, 0.2) is 6.29 Å². The van der Waals surface area contributed by atoms with Crippen LogP contribution in [0.5, 0.6) is 0 Å². The summed E-state index contributed by atoms with van der Waals surface area (Å²) < 4.78 is 11.3. The van der Waals surface area contributed by atoms with Gasteiger partial charge in [-0.15, -0.1) is 0 Å². The molecular weight excluding hydrogens is 743 g/mol. The molecule has 352 valence electrons. The lowest BCUT2D eigenvalue weighted by molar-refractivity contribution is -0.302. The average Bonchev–Trinajstić information content (AvgIpc) is 3.23. The van der Waals surface area contributed by atoms with Crippen LogP contribution >= 0.6 is 0 Å². The van der Waals surface area contributed by atoms with Crippen molar-refractivity contribution in [1.29, 1.82) is 0 Å². The SMILES string of the molecule is CCCCCCCCCCCCCCCCCCCCCCCCCC(=O)N[C@@H](CO[C@H]1O[C@H](CO)[C@H](O)[C@H](O)[C@H]1O)C[C@H](O)CCCCCCCCCCCCCC. The van der Waals surface area contributed by atoms with Gasteiger partial charge in [-0.1, -0.05) is 232 Å². The molecule has 0 aromatic heterocycles. The van der Waals surface area contributed by atoms with Gasteiger partial charge in [-0.05, 0) is 19.3 Å². The number of carbonyl (C=O) groups excluding carboxylic acids is 1. The van der Waals surface area contributed by atoms with Crippen LogP contribution in [0.25, 0.3) is 0 Å². The number of hydrogen-bond acceptors (Lipinski definition) is 8. The Kier molecular flexibility index (Phi) is 39.3. The lowest BCUT2D eigenvalue weighted by atomic mass is 9.99. The number of rotatable bonds is 44. The second-order valence-electron chi connectivity index (χ2n) is 18.4. The Morgan fingerprint density at radius 3 is 1.25 bits per heavy atom. The minimum absolute atomic E-state index is 0.0384. The summed E-state index contributed by atoms with van der Waals surface area (Å²) in [5.41, 5.74) is 0. The van der Waals surface area contributed by atoms with Gasteiger partial charge < -0.3 is 40.3 Å². The van der Waals surface area contributed by atoms with E-state index in [4.69, 9.17) is 9.47 Å². The fraction of sp³-hybridized carbons (Fsp3) is 0.980. The maximum absolute atomic E-state index is 13.0. The second-order valence-corrected chi connectivity index (χ2v) is 18.4. The molecule has 59 heavy (non-hydrogen) atoms. The van der Waals surface area contributed by atoms with Crippen molar-refractivity contribution in [3.8, 4) is 0 Å². The van der Waals surface area contributed by atoms with Crippen LogP contribution in [-0.4, -0.2) is 87.5 Å². The normalized spacial score (nSPS) is 20.6. The van der Waals surface area contributed by atoms with E-state index in [2.05, 4.69) is 19.2 Å². The van der Waals surface area contributed by atoms with Crippen molar-refractivity contribution in [2.75, 3.05) is 13.2 Å². The smallest absolute Gasteiger partial charge is 0.220 e. The Morgan fingerprint density at radius 1 is 0.525 bits per heavy atom. The van der Waals surface area contributed by atoms with Crippen LogP contribution in [0.2, 0.25) is 0 Å². The third-order valence-electron chi connectivity index (χ3n) is 12.6. The summed E-state index contributed by atoms with van der Waals surface area (Å²) in [4.78, 5) is 13.0. The summed E-state index contributed by atoms with van der Waals surface area (Å²) in [7, 11) is 0. The average molecular weight is 842 g/mol. The molecule has 0 aromatic rings. The van der Waals surface area contributed by atoms with Crippen LogP contribution in [0, 0.1) is 0 Å². The molecule has 1 saturated heterocycles. The van der Waals surface area contributed by atoms with Gasteiger partial charge in [0.25, 0.3) is 0 Å². The van der Waals surface area contributed by atoms with Crippen LogP contribution in [0.1, 0.15) is 258 Å². The van der Waals surface area contributed by atoms with Gasteiger partial charge in [0.2, 0.25) is 5.91 Å². The highest BCUT2D eigenvalue weighted by atomic mass is 16.7. The van der Waals surface area contributed by atoms with Crippen molar-refractivity contribution < 1.29 is 39.8 Å². The van der Waals surface area contributed by atoms with Crippen molar-refractivity contribution in [2.24, 2.45) is 0 Å². The third kappa shape index (κ3) is 32.5. The molecule has 0 saturated carbocycles. The van der Waals surface area contributed by atoms with Gasteiger partial charge in [0, 0.05) is 6.42 Å². The molecule has 7 atom stereocenters. The second kappa shape index (κ2) is 41.2. The Balaban J connectivity index is 2.20. The van der Waals surface area contributed by atoms with Gasteiger partial charge in [-0.3, -0.25) is 4.79 Å². The molecule has 0 aromatic carbocycles. The lowest BCUT2D eigenvalue weighted by Crippen LogP contribution is -2.59. The zero-order valence-electron chi connectivity index (χ0n) is 38.8. The highest BCUT2D eigenvalue weighted by Crippen LogP contribution is 2.23. The van der Waals surface area contributed by atoms with Crippen molar-refractivity contribution in [3.05, 3.63) is 0 Å². The topological polar surface area (TPSA) is 149 Å². The number of carbonyl (C=O) groups is 1. The van der Waals surface area contributed by atoms with Crippen LogP contribution in [-0.2, 0) is 14.3 Å². The molecule has 9 heteroatoms. The van der Waals surface area contributed by atoms with E-state index in [0.717, 1.165) is 32.1 Å². The summed E-state index contributed by atoms with van der Waals surface area (Å²) >= 11 is 0. The van der Waals surface area contributed by atoms with Gasteiger partial charge in [0.05, 0.1) is 25.4 Å². The highest BCUT2D eigenvalue weighted by Gasteiger charge is 2.44. The molecule has 1 fully saturated rings. The van der Waals surface area contributed by atoms with Gasteiger partial charge in [-0.2, -0.15) is 0 Å². The number of unbranched alkanes of at least 4 members (excludes halogenated alkanes) is 33. The Morgan fingerprint density at radius 2 is 0.881 bits per heavy atom. The molecule has 0 spiro atoms. The zero-order chi connectivity index (χ0) is 43.0. The molecule has 1 aliphatic rings. The van der Waals surface area contributed by atoms with Crippen LogP contribution in [0.4, 0.5) is 0 Å². The van der Waals surface area contributed by atoms with E-state index in [-0.39, 0.29) is 12.5 Å². The maximum atomic E-state index is 13.0. The summed E-state index contributed by atoms with van der Waals surface area (Å²) in [6.07, 6.45) is 39.6. The van der Waals surface area contributed by atoms with Crippen LogP contribution in [0.15, 0.2) is 0 Å². The van der Waals surface area contributed by atoms with Crippen molar-refractivity contribution in [2.45, 2.75) is 301 Å². The van der Waals surface area contributed by atoms with Gasteiger partial charge >= 0.3 is 0 Å². The first kappa shape index (κ1) is 56.2. The van der Waals surface area contributed by atoms with Crippen LogP contribution in [0.3, 0.4) is 0 Å². The minimum Gasteiger partial charge on any atom is -0.394 e.